The molecule has 0 unspecified atom stereocenters. The van der Waals surface area contributed by atoms with Crippen molar-refractivity contribution in [1.82, 2.24) is 9.78 Å². The fraction of sp³-hybridized carbons (Fsp3) is 0.400. The average Bonchev–Trinajstić information content (AvgIpc) is 2.64. The van der Waals surface area contributed by atoms with Gasteiger partial charge >= 0.3 is 0 Å². The monoisotopic (exact) mass is 279 g/mol. The second-order valence-electron chi connectivity index (χ2n) is 5.38. The van der Waals surface area contributed by atoms with Crippen LogP contribution in [-0.4, -0.2) is 9.78 Å². The second-order valence-corrected chi connectivity index (χ2v) is 5.38. The van der Waals surface area contributed by atoms with Gasteiger partial charge in [0.25, 0.3) is 0 Å². The van der Waals surface area contributed by atoms with Crippen molar-refractivity contribution in [3.05, 3.63) is 47.3 Å². The molecule has 3 nitrogen and oxygen atoms in total. The van der Waals surface area contributed by atoms with Crippen LogP contribution in [0.25, 0.3) is 0 Å². The molecule has 1 heterocycles. The molecule has 0 radical (unpaired) electrons. The Hall–Kier alpha value is -1.91. The molecule has 1 N–H and O–H groups in total. The number of nitrogens with zero attached hydrogens (tertiary/aromatic N) is 2. The number of nitrogens with one attached hydrogen (secondary N) is 1. The zero-order chi connectivity index (χ0) is 14.7. The predicted molar refractivity (Wildman–Crippen MR) is 75.5 cm³/mol. The van der Waals surface area contributed by atoms with Gasteiger partial charge in [-0.2, -0.15) is 5.10 Å². The summed E-state index contributed by atoms with van der Waals surface area (Å²) in [6, 6.07) is 3.52. The van der Waals surface area contributed by atoms with Crippen LogP contribution in [0.1, 0.15) is 25.1 Å². The van der Waals surface area contributed by atoms with E-state index in [9.17, 15) is 8.78 Å². The SMILES string of the molecule is Cc1nn(CC(C)C)cc1NCc1cc(F)cc(F)c1. The maximum Gasteiger partial charge on any atom is 0.126 e. The molecule has 1 aromatic heterocycles. The first-order valence-corrected chi connectivity index (χ1v) is 6.67. The van der Waals surface area contributed by atoms with Crippen molar-refractivity contribution in [2.24, 2.45) is 5.92 Å². The van der Waals surface area contributed by atoms with Gasteiger partial charge in [-0.1, -0.05) is 13.8 Å². The summed E-state index contributed by atoms with van der Waals surface area (Å²) in [7, 11) is 0. The number of halogens is 2. The number of benzene rings is 1. The zero-order valence-electron chi connectivity index (χ0n) is 12.0. The molecule has 0 aliphatic heterocycles. The topological polar surface area (TPSA) is 29.9 Å². The number of aromatic nitrogens is 2. The summed E-state index contributed by atoms with van der Waals surface area (Å²) in [5, 5.41) is 7.56. The highest BCUT2D eigenvalue weighted by Gasteiger charge is 2.07. The Morgan fingerprint density at radius 3 is 2.45 bits per heavy atom. The Kier molecular flexibility index (Phi) is 4.37. The van der Waals surface area contributed by atoms with Crippen molar-refractivity contribution >= 4 is 5.69 Å². The van der Waals surface area contributed by atoms with Crippen LogP contribution >= 0.6 is 0 Å². The van der Waals surface area contributed by atoms with Crippen LogP contribution in [0.4, 0.5) is 14.5 Å². The standard InChI is InChI=1S/C15H19F2N3/c1-10(2)8-20-9-15(11(3)19-20)18-7-12-4-13(16)6-14(17)5-12/h4-6,9-10,18H,7-8H2,1-3H3. The third kappa shape index (κ3) is 3.79. The Morgan fingerprint density at radius 1 is 1.20 bits per heavy atom. The molecule has 2 aromatic rings. The smallest absolute Gasteiger partial charge is 0.126 e. The molecule has 0 saturated carbocycles. The first kappa shape index (κ1) is 14.5. The molecule has 108 valence electrons. The van der Waals surface area contributed by atoms with Crippen molar-refractivity contribution in [2.75, 3.05) is 5.32 Å². The van der Waals surface area contributed by atoms with Gasteiger partial charge in [0.1, 0.15) is 11.6 Å². The molecule has 0 aliphatic carbocycles. The van der Waals surface area contributed by atoms with Gasteiger partial charge in [0.05, 0.1) is 11.4 Å². The molecule has 20 heavy (non-hydrogen) atoms. The van der Waals surface area contributed by atoms with Crippen LogP contribution in [-0.2, 0) is 13.1 Å². The third-order valence-corrected chi connectivity index (χ3v) is 2.90. The van der Waals surface area contributed by atoms with E-state index in [1.807, 2.05) is 17.8 Å². The van der Waals surface area contributed by atoms with Crippen molar-refractivity contribution in [3.63, 3.8) is 0 Å². The van der Waals surface area contributed by atoms with E-state index in [4.69, 9.17) is 0 Å². The van der Waals surface area contributed by atoms with Crippen LogP contribution in [0.15, 0.2) is 24.4 Å². The Balaban J connectivity index is 2.05. The lowest BCUT2D eigenvalue weighted by Gasteiger charge is -2.06. The average molecular weight is 279 g/mol. The summed E-state index contributed by atoms with van der Waals surface area (Å²) < 4.78 is 28.1. The summed E-state index contributed by atoms with van der Waals surface area (Å²) in [4.78, 5) is 0. The lowest BCUT2D eigenvalue weighted by Crippen LogP contribution is -2.04. The lowest BCUT2D eigenvalue weighted by molar-refractivity contribution is 0.481. The highest BCUT2D eigenvalue weighted by molar-refractivity contribution is 5.46. The third-order valence-electron chi connectivity index (χ3n) is 2.90. The molecular formula is C15H19F2N3. The fourth-order valence-electron chi connectivity index (χ4n) is 2.07. The number of hydrogen-bond donors (Lipinski definition) is 1. The van der Waals surface area contributed by atoms with Gasteiger partial charge in [0.2, 0.25) is 0 Å². The van der Waals surface area contributed by atoms with Crippen LogP contribution in [0, 0.1) is 24.5 Å². The normalized spacial score (nSPS) is 11.1. The van der Waals surface area contributed by atoms with Crippen LogP contribution in [0.3, 0.4) is 0 Å². The lowest BCUT2D eigenvalue weighted by atomic mass is 10.2. The number of rotatable bonds is 5. The van der Waals surface area contributed by atoms with Crippen LogP contribution in [0.2, 0.25) is 0 Å². The number of aryl methyl sites for hydroxylation is 1. The molecule has 0 aliphatic rings. The minimum atomic E-state index is -0.561. The summed E-state index contributed by atoms with van der Waals surface area (Å²) >= 11 is 0. The summed E-state index contributed by atoms with van der Waals surface area (Å²) in [5.74, 6) is -0.609. The van der Waals surface area contributed by atoms with Gasteiger partial charge < -0.3 is 5.32 Å². The molecule has 5 heteroatoms. The molecule has 1 aromatic carbocycles. The van der Waals surface area contributed by atoms with Gasteiger partial charge in [-0.3, -0.25) is 4.68 Å². The predicted octanol–water partition coefficient (Wildman–Crippen LogP) is 3.74. The summed E-state index contributed by atoms with van der Waals surface area (Å²) in [6.45, 7) is 7.37. The minimum absolute atomic E-state index is 0.364. The van der Waals surface area contributed by atoms with Gasteiger partial charge in [0.15, 0.2) is 0 Å². The molecule has 0 saturated heterocycles. The van der Waals surface area contributed by atoms with Crippen LogP contribution < -0.4 is 5.32 Å². The molecular weight excluding hydrogens is 260 g/mol. The maximum atomic E-state index is 13.1. The Bertz CT molecular complexity index is 571. The van der Waals surface area contributed by atoms with E-state index in [1.165, 1.54) is 12.1 Å². The quantitative estimate of drug-likeness (QED) is 0.903. The van der Waals surface area contributed by atoms with E-state index in [1.54, 1.807) is 0 Å². The maximum absolute atomic E-state index is 13.1. The van der Waals surface area contributed by atoms with Crippen molar-refractivity contribution < 1.29 is 8.78 Å². The van der Waals surface area contributed by atoms with Gasteiger partial charge in [-0.05, 0) is 30.5 Å². The van der Waals surface area contributed by atoms with E-state index in [-0.39, 0.29) is 0 Å². The van der Waals surface area contributed by atoms with Crippen molar-refractivity contribution in [2.45, 2.75) is 33.9 Å². The molecule has 0 spiro atoms. The van der Waals surface area contributed by atoms with E-state index in [2.05, 4.69) is 24.3 Å². The Morgan fingerprint density at radius 2 is 1.85 bits per heavy atom. The highest BCUT2D eigenvalue weighted by Crippen LogP contribution is 2.16. The fourth-order valence-corrected chi connectivity index (χ4v) is 2.07. The van der Waals surface area contributed by atoms with Crippen molar-refractivity contribution in [1.29, 1.82) is 0 Å². The van der Waals surface area contributed by atoms with E-state index < -0.39 is 11.6 Å². The first-order chi connectivity index (χ1) is 9.44. The largest absolute Gasteiger partial charge is 0.378 e. The van der Waals surface area contributed by atoms with E-state index in [0.29, 0.717) is 18.0 Å². The molecule has 2 rings (SSSR count). The molecule has 0 bridgehead atoms. The zero-order valence-corrected chi connectivity index (χ0v) is 12.0. The molecule has 0 atom stereocenters. The molecule has 0 fully saturated rings. The second kappa shape index (κ2) is 6.03. The highest BCUT2D eigenvalue weighted by atomic mass is 19.1. The van der Waals surface area contributed by atoms with Gasteiger partial charge in [-0.15, -0.1) is 0 Å². The van der Waals surface area contributed by atoms with Gasteiger partial charge in [-0.25, -0.2) is 8.78 Å². The van der Waals surface area contributed by atoms with Gasteiger partial charge in [0, 0.05) is 25.4 Å². The van der Waals surface area contributed by atoms with Crippen LogP contribution in [0.5, 0.6) is 0 Å². The summed E-state index contributed by atoms with van der Waals surface area (Å²) in [6.07, 6.45) is 1.92. The van der Waals surface area contributed by atoms with E-state index >= 15 is 0 Å². The van der Waals surface area contributed by atoms with E-state index in [0.717, 1.165) is 24.0 Å². The number of hydrogen-bond acceptors (Lipinski definition) is 2. The summed E-state index contributed by atoms with van der Waals surface area (Å²) in [5.41, 5.74) is 2.33. The Labute approximate surface area is 117 Å². The number of anilines is 1. The van der Waals surface area contributed by atoms with Crippen molar-refractivity contribution in [3.8, 4) is 0 Å². The first-order valence-electron chi connectivity index (χ1n) is 6.67. The minimum Gasteiger partial charge on any atom is -0.378 e. The molecule has 0 amide bonds.